The average molecular weight is 310 g/mol. The zero-order valence-corrected chi connectivity index (χ0v) is 14.7. The van der Waals surface area contributed by atoms with E-state index in [0.717, 1.165) is 12.8 Å². The predicted molar refractivity (Wildman–Crippen MR) is 102 cm³/mol. The molecule has 0 atom stereocenters. The van der Waals surface area contributed by atoms with Crippen LogP contribution in [0.4, 0.5) is 0 Å². The number of rotatable bonds is 2. The van der Waals surface area contributed by atoms with E-state index >= 15 is 0 Å². The molecule has 1 aliphatic carbocycles. The van der Waals surface area contributed by atoms with Gasteiger partial charge in [0.05, 0.1) is 11.0 Å². The summed E-state index contributed by atoms with van der Waals surface area (Å²) in [5, 5.41) is 0. The van der Waals surface area contributed by atoms with E-state index in [1.807, 2.05) is 0 Å². The van der Waals surface area contributed by atoms with Crippen molar-refractivity contribution in [3.8, 4) is 0 Å². The van der Waals surface area contributed by atoms with E-state index in [9.17, 15) is 0 Å². The third-order valence-electron chi connectivity index (χ3n) is 5.50. The molecule has 3 heteroatoms. The number of pyridine rings is 1. The van der Waals surface area contributed by atoms with Crippen LogP contribution in [0, 0.1) is 0 Å². The molecule has 2 heterocycles. The molecule has 0 aliphatic heterocycles. The van der Waals surface area contributed by atoms with Gasteiger partial charge in [0.2, 0.25) is 0 Å². The Bertz CT molecular complexity index is 593. The van der Waals surface area contributed by atoms with Gasteiger partial charge in [-0.3, -0.25) is 4.98 Å². The average Bonchev–Trinajstić information content (AvgIpc) is 2.97. The van der Waals surface area contributed by atoms with Crippen molar-refractivity contribution in [2.75, 3.05) is 0 Å². The molecule has 2 nitrogen and oxygen atoms in total. The van der Waals surface area contributed by atoms with Crippen molar-refractivity contribution in [1.29, 1.82) is 0 Å². The normalized spacial score (nSPS) is 19.2. The molecule has 0 aromatic carbocycles. The zero-order valence-electron chi connectivity index (χ0n) is 14.7. The van der Waals surface area contributed by atoms with Crippen molar-refractivity contribution < 1.29 is 0 Å². The molecule has 0 unspecified atom stereocenters. The molecular weight excluding hydrogens is 279 g/mol. The molecule has 1 saturated carbocycles. The summed E-state index contributed by atoms with van der Waals surface area (Å²) in [5.74, 6) is 0.708. The monoisotopic (exact) mass is 310 g/mol. The Morgan fingerprint density at radius 1 is 0.913 bits per heavy atom. The highest BCUT2D eigenvalue weighted by Crippen LogP contribution is 2.30. The molecule has 124 valence electrons. The first-order valence-electron chi connectivity index (χ1n) is 9.84. The molecule has 1 aliphatic rings. The third kappa shape index (κ3) is 4.62. The molecule has 1 fully saturated rings. The Morgan fingerprint density at radius 3 is 2.13 bits per heavy atom. The topological polar surface area (TPSA) is 28.7 Å². The first-order chi connectivity index (χ1) is 11.4. The van der Waals surface area contributed by atoms with E-state index in [2.05, 4.69) is 30.1 Å². The van der Waals surface area contributed by atoms with Crippen molar-refractivity contribution >= 4 is 23.9 Å². The van der Waals surface area contributed by atoms with Gasteiger partial charge in [0.15, 0.2) is 7.28 Å². The number of hydrogen-bond acceptors (Lipinski definition) is 1. The van der Waals surface area contributed by atoms with Crippen molar-refractivity contribution in [2.45, 2.75) is 83.4 Å². The molecule has 0 radical (unpaired) electrons. The van der Waals surface area contributed by atoms with Crippen LogP contribution < -0.4 is 5.59 Å². The summed E-state index contributed by atoms with van der Waals surface area (Å²) in [5.41, 5.74) is 5.10. The fourth-order valence-corrected chi connectivity index (χ4v) is 3.99. The predicted octanol–water partition coefficient (Wildman–Crippen LogP) is 5.06. The number of aromatic nitrogens is 2. The van der Waals surface area contributed by atoms with Crippen LogP contribution in [0.2, 0.25) is 6.82 Å². The highest BCUT2D eigenvalue weighted by atomic mass is 14.8. The largest absolute Gasteiger partial charge is 0.366 e. The van der Waals surface area contributed by atoms with Crippen LogP contribution in [0.15, 0.2) is 18.3 Å². The van der Waals surface area contributed by atoms with E-state index in [-0.39, 0.29) is 0 Å². The lowest BCUT2D eigenvalue weighted by Gasteiger charge is -2.18. The summed E-state index contributed by atoms with van der Waals surface area (Å²) in [6.45, 7) is 2.19. The van der Waals surface area contributed by atoms with Gasteiger partial charge in [-0.15, -0.1) is 0 Å². The Labute approximate surface area is 141 Å². The first-order valence-corrected chi connectivity index (χ1v) is 9.84. The molecule has 0 saturated heterocycles. The molecule has 2 aromatic heterocycles. The maximum absolute atomic E-state index is 4.72. The highest BCUT2D eigenvalue weighted by molar-refractivity contribution is 6.51. The van der Waals surface area contributed by atoms with Crippen LogP contribution in [0.5, 0.6) is 0 Å². The fraction of sp³-hybridized carbons (Fsp3) is 0.650. The SMILES string of the molecule is CBc1cc2ncc(C3CCCCCCCCCCC3)cc2[nH]1. The summed E-state index contributed by atoms with van der Waals surface area (Å²) in [4.78, 5) is 8.25. The number of fused-ring (bicyclic) bond motifs is 1. The fourth-order valence-electron chi connectivity index (χ4n) is 3.99. The smallest absolute Gasteiger partial charge is 0.176 e. The number of hydrogen-bond donors (Lipinski definition) is 1. The molecular formula is C20H31BN2. The molecule has 1 N–H and O–H groups in total. The minimum atomic E-state index is 0.708. The van der Waals surface area contributed by atoms with E-state index in [4.69, 9.17) is 4.98 Å². The molecule has 2 aromatic rings. The quantitative estimate of drug-likeness (QED) is 0.772. The van der Waals surface area contributed by atoms with Gasteiger partial charge < -0.3 is 4.98 Å². The van der Waals surface area contributed by atoms with Crippen LogP contribution in [0.1, 0.15) is 82.1 Å². The first kappa shape index (κ1) is 16.6. The minimum absolute atomic E-state index is 0.708. The van der Waals surface area contributed by atoms with Crippen molar-refractivity contribution in [3.05, 3.63) is 23.9 Å². The van der Waals surface area contributed by atoms with E-state index in [1.165, 1.54) is 87.3 Å². The van der Waals surface area contributed by atoms with E-state index in [0.29, 0.717) is 5.92 Å². The number of aromatic amines is 1. The lowest BCUT2D eigenvalue weighted by atomic mass is 9.78. The molecule has 0 bridgehead atoms. The van der Waals surface area contributed by atoms with Crippen molar-refractivity contribution in [1.82, 2.24) is 9.97 Å². The second kappa shape index (κ2) is 8.56. The van der Waals surface area contributed by atoms with Crippen LogP contribution in [-0.2, 0) is 0 Å². The van der Waals surface area contributed by atoms with Gasteiger partial charge in [-0.2, -0.15) is 0 Å². The lowest BCUT2D eigenvalue weighted by molar-refractivity contribution is 0.467. The van der Waals surface area contributed by atoms with Gasteiger partial charge >= 0.3 is 0 Å². The van der Waals surface area contributed by atoms with Gasteiger partial charge in [0, 0.05) is 6.20 Å². The standard InChI is InChI=1S/C20H31BN2/c1-21-20-14-18-19(23-20)13-17(15-22-18)16-11-9-7-5-3-2-4-6-8-10-12-16/h13-16,21,23H,2-12H2,1H3. The van der Waals surface area contributed by atoms with Crippen LogP contribution >= 0.6 is 0 Å². The summed E-state index contributed by atoms with van der Waals surface area (Å²) in [6, 6.07) is 4.57. The summed E-state index contributed by atoms with van der Waals surface area (Å²) >= 11 is 0. The Balaban J connectivity index is 1.72. The highest BCUT2D eigenvalue weighted by Gasteiger charge is 2.14. The van der Waals surface area contributed by atoms with Crippen molar-refractivity contribution in [2.24, 2.45) is 0 Å². The van der Waals surface area contributed by atoms with Gasteiger partial charge in [-0.1, -0.05) is 64.6 Å². The summed E-state index contributed by atoms with van der Waals surface area (Å²) in [6.07, 6.45) is 17.6. The second-order valence-corrected chi connectivity index (χ2v) is 7.31. The van der Waals surface area contributed by atoms with Gasteiger partial charge in [-0.25, -0.2) is 0 Å². The van der Waals surface area contributed by atoms with E-state index < -0.39 is 0 Å². The zero-order chi connectivity index (χ0) is 15.9. The molecule has 0 spiro atoms. The molecule has 0 amide bonds. The number of nitrogens with one attached hydrogen (secondary N) is 1. The van der Waals surface area contributed by atoms with Crippen LogP contribution in [0.25, 0.3) is 11.0 Å². The number of H-pyrrole nitrogens is 1. The van der Waals surface area contributed by atoms with Crippen molar-refractivity contribution in [3.63, 3.8) is 0 Å². The minimum Gasteiger partial charge on any atom is -0.366 e. The number of nitrogens with zero attached hydrogens (tertiary/aromatic N) is 1. The van der Waals surface area contributed by atoms with Gasteiger partial charge in [-0.05, 0) is 42.0 Å². The molecule has 23 heavy (non-hydrogen) atoms. The van der Waals surface area contributed by atoms with E-state index in [1.54, 1.807) is 0 Å². The van der Waals surface area contributed by atoms with Crippen LogP contribution in [0.3, 0.4) is 0 Å². The third-order valence-corrected chi connectivity index (χ3v) is 5.50. The molecule has 3 rings (SSSR count). The second-order valence-electron chi connectivity index (χ2n) is 7.31. The summed E-state index contributed by atoms with van der Waals surface area (Å²) in [7, 11) is 1.05. The van der Waals surface area contributed by atoms with Gasteiger partial charge in [0.1, 0.15) is 0 Å². The Hall–Kier alpha value is -1.25. The Kier molecular flexibility index (Phi) is 6.18. The lowest BCUT2D eigenvalue weighted by Crippen LogP contribution is -2.09. The maximum Gasteiger partial charge on any atom is 0.176 e. The summed E-state index contributed by atoms with van der Waals surface area (Å²) < 4.78 is 0. The maximum atomic E-state index is 4.72. The van der Waals surface area contributed by atoms with Gasteiger partial charge in [0.25, 0.3) is 0 Å². The Morgan fingerprint density at radius 2 is 1.52 bits per heavy atom. The van der Waals surface area contributed by atoms with Crippen LogP contribution in [-0.4, -0.2) is 17.2 Å².